The second-order valence-corrected chi connectivity index (χ2v) is 4.52. The van der Waals surface area contributed by atoms with Gasteiger partial charge < -0.3 is 10.2 Å². The standard InChI is InChI=1S/C10H12F3NO/c1-9(2)7(8(9)14)5-3-4-6(15-5)10(11,12)13/h3-4,7-8H,14H2,1-2H3. The van der Waals surface area contributed by atoms with Crippen molar-refractivity contribution < 1.29 is 17.6 Å². The van der Waals surface area contributed by atoms with Crippen LogP contribution < -0.4 is 5.73 Å². The van der Waals surface area contributed by atoms with Gasteiger partial charge in [-0.25, -0.2) is 0 Å². The molecular weight excluding hydrogens is 207 g/mol. The van der Waals surface area contributed by atoms with Crippen LogP contribution in [0.1, 0.15) is 31.3 Å². The molecule has 2 unspecified atom stereocenters. The summed E-state index contributed by atoms with van der Waals surface area (Å²) in [6, 6.07) is 2.20. The number of halogens is 3. The topological polar surface area (TPSA) is 39.2 Å². The molecule has 2 nitrogen and oxygen atoms in total. The van der Waals surface area contributed by atoms with Crippen LogP contribution in [0.5, 0.6) is 0 Å². The minimum Gasteiger partial charge on any atom is -0.456 e. The molecule has 1 saturated carbocycles. The third-order valence-electron chi connectivity index (χ3n) is 3.12. The van der Waals surface area contributed by atoms with Gasteiger partial charge in [0.25, 0.3) is 0 Å². The molecule has 0 aromatic carbocycles. The van der Waals surface area contributed by atoms with Gasteiger partial charge in [-0.05, 0) is 17.5 Å². The summed E-state index contributed by atoms with van der Waals surface area (Å²) in [6.45, 7) is 3.83. The van der Waals surface area contributed by atoms with Crippen molar-refractivity contribution in [3.63, 3.8) is 0 Å². The van der Waals surface area contributed by atoms with Gasteiger partial charge in [0.05, 0.1) is 0 Å². The number of hydrogen-bond acceptors (Lipinski definition) is 2. The summed E-state index contributed by atoms with van der Waals surface area (Å²) >= 11 is 0. The molecule has 2 N–H and O–H groups in total. The molecular formula is C10H12F3NO. The fraction of sp³-hybridized carbons (Fsp3) is 0.600. The third-order valence-corrected chi connectivity index (χ3v) is 3.12. The normalized spacial score (nSPS) is 29.2. The van der Waals surface area contributed by atoms with E-state index in [1.165, 1.54) is 6.07 Å². The fourth-order valence-electron chi connectivity index (χ4n) is 1.89. The van der Waals surface area contributed by atoms with E-state index >= 15 is 0 Å². The Hall–Kier alpha value is -0.970. The van der Waals surface area contributed by atoms with Crippen LogP contribution in [-0.4, -0.2) is 6.04 Å². The van der Waals surface area contributed by atoms with Crippen LogP contribution in [0, 0.1) is 5.41 Å². The van der Waals surface area contributed by atoms with E-state index in [2.05, 4.69) is 0 Å². The molecule has 0 spiro atoms. The van der Waals surface area contributed by atoms with Crippen LogP contribution in [0.2, 0.25) is 0 Å². The predicted octanol–water partition coefficient (Wildman–Crippen LogP) is 2.75. The average Bonchev–Trinajstić information content (AvgIpc) is 2.53. The lowest BCUT2D eigenvalue weighted by atomic mass is 10.1. The number of alkyl halides is 3. The van der Waals surface area contributed by atoms with Gasteiger partial charge in [-0.15, -0.1) is 0 Å². The smallest absolute Gasteiger partial charge is 0.449 e. The van der Waals surface area contributed by atoms with Crippen LogP contribution in [0.3, 0.4) is 0 Å². The van der Waals surface area contributed by atoms with Gasteiger partial charge in [0.2, 0.25) is 5.76 Å². The maximum absolute atomic E-state index is 12.2. The number of rotatable bonds is 1. The van der Waals surface area contributed by atoms with Gasteiger partial charge in [0, 0.05) is 12.0 Å². The van der Waals surface area contributed by atoms with Crippen LogP contribution >= 0.6 is 0 Å². The minimum absolute atomic E-state index is 0.103. The Labute approximate surface area is 85.2 Å². The largest absolute Gasteiger partial charge is 0.456 e. The van der Waals surface area contributed by atoms with Gasteiger partial charge in [-0.2, -0.15) is 13.2 Å². The summed E-state index contributed by atoms with van der Waals surface area (Å²) in [7, 11) is 0. The highest BCUT2D eigenvalue weighted by Crippen LogP contribution is 2.57. The Balaban J connectivity index is 2.23. The molecule has 5 heteroatoms. The predicted molar refractivity (Wildman–Crippen MR) is 48.2 cm³/mol. The van der Waals surface area contributed by atoms with Crippen molar-refractivity contribution >= 4 is 0 Å². The quantitative estimate of drug-likeness (QED) is 0.788. The number of nitrogens with two attached hydrogens (primary N) is 1. The van der Waals surface area contributed by atoms with Crippen molar-refractivity contribution in [3.8, 4) is 0 Å². The Morgan fingerprint density at radius 3 is 2.20 bits per heavy atom. The Kier molecular flexibility index (Phi) is 1.96. The average molecular weight is 219 g/mol. The molecule has 0 radical (unpaired) electrons. The van der Waals surface area contributed by atoms with Crippen LogP contribution in [-0.2, 0) is 6.18 Å². The molecule has 1 aromatic heterocycles. The van der Waals surface area contributed by atoms with E-state index < -0.39 is 11.9 Å². The van der Waals surface area contributed by atoms with Crippen molar-refractivity contribution in [3.05, 3.63) is 23.7 Å². The van der Waals surface area contributed by atoms with E-state index in [9.17, 15) is 13.2 Å². The fourth-order valence-corrected chi connectivity index (χ4v) is 1.89. The van der Waals surface area contributed by atoms with Crippen molar-refractivity contribution in [2.75, 3.05) is 0 Å². The molecule has 1 aliphatic carbocycles. The maximum atomic E-state index is 12.2. The van der Waals surface area contributed by atoms with E-state index in [1.54, 1.807) is 0 Å². The lowest BCUT2D eigenvalue weighted by Gasteiger charge is -2.01. The Morgan fingerprint density at radius 2 is 1.87 bits per heavy atom. The summed E-state index contributed by atoms with van der Waals surface area (Å²) in [5, 5.41) is 0. The molecule has 1 aromatic rings. The zero-order valence-corrected chi connectivity index (χ0v) is 8.43. The summed E-state index contributed by atoms with van der Waals surface area (Å²) in [4.78, 5) is 0. The first-order valence-corrected chi connectivity index (χ1v) is 4.67. The first kappa shape index (κ1) is 10.5. The molecule has 15 heavy (non-hydrogen) atoms. The van der Waals surface area contributed by atoms with Gasteiger partial charge >= 0.3 is 6.18 Å². The highest BCUT2D eigenvalue weighted by atomic mass is 19.4. The summed E-state index contributed by atoms with van der Waals surface area (Å²) in [5.74, 6) is -0.721. The molecule has 1 fully saturated rings. The van der Waals surface area contributed by atoms with Crippen LogP contribution in [0.4, 0.5) is 13.2 Å². The number of hydrogen-bond donors (Lipinski definition) is 1. The summed E-state index contributed by atoms with van der Waals surface area (Å²) in [6.07, 6.45) is -4.42. The Morgan fingerprint density at radius 1 is 1.33 bits per heavy atom. The van der Waals surface area contributed by atoms with Gasteiger partial charge in [0.15, 0.2) is 0 Å². The molecule has 0 saturated heterocycles. The maximum Gasteiger partial charge on any atom is 0.449 e. The van der Waals surface area contributed by atoms with E-state index in [4.69, 9.17) is 10.2 Å². The first-order valence-electron chi connectivity index (χ1n) is 4.67. The van der Waals surface area contributed by atoms with Crippen LogP contribution in [0.25, 0.3) is 0 Å². The summed E-state index contributed by atoms with van der Waals surface area (Å²) < 4.78 is 41.5. The van der Waals surface area contributed by atoms with Gasteiger partial charge in [0.1, 0.15) is 5.76 Å². The van der Waals surface area contributed by atoms with Crippen molar-refractivity contribution in [1.29, 1.82) is 0 Å². The molecule has 0 amide bonds. The summed E-state index contributed by atoms with van der Waals surface area (Å²) in [5.41, 5.74) is 5.59. The van der Waals surface area contributed by atoms with Gasteiger partial charge in [-0.3, -0.25) is 0 Å². The lowest BCUT2D eigenvalue weighted by Crippen LogP contribution is -2.06. The monoisotopic (exact) mass is 219 g/mol. The highest BCUT2D eigenvalue weighted by Gasteiger charge is 2.58. The second kappa shape index (κ2) is 2.78. The van der Waals surface area contributed by atoms with Crippen molar-refractivity contribution in [2.45, 2.75) is 32.0 Å². The van der Waals surface area contributed by atoms with Crippen LogP contribution in [0.15, 0.2) is 16.5 Å². The minimum atomic E-state index is -4.42. The van der Waals surface area contributed by atoms with E-state index in [0.29, 0.717) is 5.76 Å². The van der Waals surface area contributed by atoms with E-state index in [1.807, 2.05) is 13.8 Å². The zero-order chi connectivity index (χ0) is 11.4. The molecule has 2 atom stereocenters. The molecule has 0 aliphatic heterocycles. The molecule has 1 aliphatic rings. The molecule has 2 rings (SSSR count). The Bertz CT molecular complexity index is 380. The van der Waals surface area contributed by atoms with E-state index in [0.717, 1.165) is 6.07 Å². The first-order chi connectivity index (χ1) is 6.74. The van der Waals surface area contributed by atoms with Gasteiger partial charge in [-0.1, -0.05) is 13.8 Å². The SMILES string of the molecule is CC1(C)C(N)C1c1ccc(C(F)(F)F)o1. The third kappa shape index (κ3) is 1.55. The molecule has 84 valence electrons. The number of furan rings is 1. The highest BCUT2D eigenvalue weighted by molar-refractivity contribution is 5.28. The van der Waals surface area contributed by atoms with Crippen molar-refractivity contribution in [1.82, 2.24) is 0 Å². The van der Waals surface area contributed by atoms with E-state index in [-0.39, 0.29) is 17.4 Å². The lowest BCUT2D eigenvalue weighted by molar-refractivity contribution is -0.153. The zero-order valence-electron chi connectivity index (χ0n) is 8.43. The molecule has 0 bridgehead atoms. The van der Waals surface area contributed by atoms with Crippen molar-refractivity contribution in [2.24, 2.45) is 11.1 Å². The molecule has 1 heterocycles. The second-order valence-electron chi connectivity index (χ2n) is 4.52.